The summed E-state index contributed by atoms with van der Waals surface area (Å²) >= 11 is 1.27. The van der Waals surface area contributed by atoms with Gasteiger partial charge in [0.2, 0.25) is 5.91 Å². The van der Waals surface area contributed by atoms with E-state index in [1.54, 1.807) is 67.3 Å². The van der Waals surface area contributed by atoms with E-state index in [0.717, 1.165) is 5.56 Å². The van der Waals surface area contributed by atoms with Crippen LogP contribution in [0.2, 0.25) is 0 Å². The predicted molar refractivity (Wildman–Crippen MR) is 130 cm³/mol. The van der Waals surface area contributed by atoms with Crippen LogP contribution in [0.5, 0.6) is 11.5 Å². The van der Waals surface area contributed by atoms with Crippen LogP contribution in [0.1, 0.15) is 21.6 Å². The molecule has 2 aromatic heterocycles. The van der Waals surface area contributed by atoms with Crippen molar-refractivity contribution in [1.29, 1.82) is 0 Å². The number of thiazole rings is 1. The van der Waals surface area contributed by atoms with Crippen LogP contribution in [0.15, 0.2) is 78.4 Å². The molecule has 2 aromatic carbocycles. The molecule has 0 radical (unpaired) electrons. The largest absolute Gasteiger partial charge is 0.493 e. The van der Waals surface area contributed by atoms with Crippen LogP contribution < -0.4 is 20.1 Å². The van der Waals surface area contributed by atoms with Crippen molar-refractivity contribution in [1.82, 2.24) is 9.97 Å². The number of carbonyl (C=O) groups is 2. The SMILES string of the molecule is COc1ccc(NC(=O)Cc2csc(NC(=O)c3ccccc3)n2)cc1OCc1ccncc1. The molecule has 0 bridgehead atoms. The first-order valence-corrected chi connectivity index (χ1v) is 11.3. The first-order valence-electron chi connectivity index (χ1n) is 10.4. The average molecular weight is 475 g/mol. The highest BCUT2D eigenvalue weighted by Gasteiger charge is 2.13. The average Bonchev–Trinajstić information content (AvgIpc) is 3.30. The molecule has 34 heavy (non-hydrogen) atoms. The van der Waals surface area contributed by atoms with Crippen LogP contribution in [0.4, 0.5) is 10.8 Å². The van der Waals surface area contributed by atoms with Crippen LogP contribution in [-0.2, 0) is 17.8 Å². The van der Waals surface area contributed by atoms with E-state index in [1.165, 1.54) is 11.3 Å². The summed E-state index contributed by atoms with van der Waals surface area (Å²) in [7, 11) is 1.56. The van der Waals surface area contributed by atoms with Gasteiger partial charge in [0.05, 0.1) is 19.2 Å². The molecule has 172 valence electrons. The number of rotatable bonds is 9. The van der Waals surface area contributed by atoms with Gasteiger partial charge in [0.25, 0.3) is 5.91 Å². The number of carbonyl (C=O) groups excluding carboxylic acids is 2. The summed E-state index contributed by atoms with van der Waals surface area (Å²) in [5.74, 6) is 0.585. The highest BCUT2D eigenvalue weighted by atomic mass is 32.1. The Kier molecular flexibility index (Phi) is 7.46. The van der Waals surface area contributed by atoms with Gasteiger partial charge in [-0.3, -0.25) is 19.9 Å². The molecule has 4 aromatic rings. The van der Waals surface area contributed by atoms with E-state index in [-0.39, 0.29) is 18.2 Å². The van der Waals surface area contributed by atoms with Crippen LogP contribution in [0.25, 0.3) is 0 Å². The number of ether oxygens (including phenoxy) is 2. The van der Waals surface area contributed by atoms with Gasteiger partial charge in [0.15, 0.2) is 16.6 Å². The molecule has 0 aliphatic rings. The Bertz CT molecular complexity index is 1260. The molecule has 0 spiro atoms. The summed E-state index contributed by atoms with van der Waals surface area (Å²) in [6.45, 7) is 0.340. The molecule has 2 N–H and O–H groups in total. The molecule has 0 atom stereocenters. The molecular formula is C25H22N4O4S. The minimum atomic E-state index is -0.247. The number of pyridine rings is 1. The number of nitrogens with one attached hydrogen (secondary N) is 2. The van der Waals surface area contributed by atoms with Crippen LogP contribution in [0, 0.1) is 0 Å². The van der Waals surface area contributed by atoms with Gasteiger partial charge in [0.1, 0.15) is 6.61 Å². The summed E-state index contributed by atoms with van der Waals surface area (Å²) in [4.78, 5) is 33.2. The molecule has 8 nitrogen and oxygen atoms in total. The number of aromatic nitrogens is 2. The molecule has 4 rings (SSSR count). The number of nitrogens with zero attached hydrogens (tertiary/aromatic N) is 2. The number of hydrogen-bond acceptors (Lipinski definition) is 7. The molecule has 0 aliphatic heterocycles. The number of anilines is 2. The van der Waals surface area contributed by atoms with E-state index >= 15 is 0 Å². The highest BCUT2D eigenvalue weighted by molar-refractivity contribution is 7.14. The number of hydrogen-bond donors (Lipinski definition) is 2. The second kappa shape index (κ2) is 11.1. The summed E-state index contributed by atoms with van der Waals surface area (Å²) < 4.78 is 11.2. The van der Waals surface area contributed by atoms with Gasteiger partial charge in [-0.25, -0.2) is 4.98 Å². The monoisotopic (exact) mass is 474 g/mol. The van der Waals surface area contributed by atoms with Crippen molar-refractivity contribution in [3.8, 4) is 11.5 Å². The smallest absolute Gasteiger partial charge is 0.257 e. The second-order valence-electron chi connectivity index (χ2n) is 7.20. The third-order valence-corrected chi connectivity index (χ3v) is 5.55. The van der Waals surface area contributed by atoms with Gasteiger partial charge in [-0.2, -0.15) is 0 Å². The van der Waals surface area contributed by atoms with Gasteiger partial charge in [0, 0.05) is 35.1 Å². The maximum absolute atomic E-state index is 12.6. The quantitative estimate of drug-likeness (QED) is 0.369. The summed E-state index contributed by atoms with van der Waals surface area (Å²) in [6.07, 6.45) is 3.46. The van der Waals surface area contributed by atoms with Gasteiger partial charge in [-0.15, -0.1) is 11.3 Å². The first-order chi connectivity index (χ1) is 16.6. The third-order valence-electron chi connectivity index (χ3n) is 4.74. The Morgan fingerprint density at radius 2 is 1.76 bits per heavy atom. The molecule has 2 heterocycles. The number of benzene rings is 2. The van der Waals surface area contributed by atoms with Crippen LogP contribution in [-0.4, -0.2) is 28.9 Å². The van der Waals surface area contributed by atoms with Crippen molar-refractivity contribution in [2.24, 2.45) is 0 Å². The minimum Gasteiger partial charge on any atom is -0.493 e. The van der Waals surface area contributed by atoms with E-state index in [4.69, 9.17) is 9.47 Å². The van der Waals surface area contributed by atoms with Gasteiger partial charge in [-0.05, 0) is 42.0 Å². The fraction of sp³-hybridized carbons (Fsp3) is 0.120. The van der Waals surface area contributed by atoms with Crippen LogP contribution >= 0.6 is 11.3 Å². The van der Waals surface area contributed by atoms with Gasteiger partial charge in [-0.1, -0.05) is 18.2 Å². The zero-order valence-corrected chi connectivity index (χ0v) is 19.2. The molecule has 0 fully saturated rings. The van der Waals surface area contributed by atoms with E-state index in [0.29, 0.717) is 40.2 Å². The van der Waals surface area contributed by atoms with Crippen molar-refractivity contribution in [2.45, 2.75) is 13.0 Å². The Morgan fingerprint density at radius 3 is 2.53 bits per heavy atom. The lowest BCUT2D eigenvalue weighted by Gasteiger charge is -2.13. The maximum atomic E-state index is 12.6. The Labute approximate surface area is 200 Å². The number of methoxy groups -OCH3 is 1. The lowest BCUT2D eigenvalue weighted by Crippen LogP contribution is -2.15. The van der Waals surface area contributed by atoms with E-state index < -0.39 is 0 Å². The molecule has 0 saturated heterocycles. The van der Waals surface area contributed by atoms with Crippen molar-refractivity contribution < 1.29 is 19.1 Å². The van der Waals surface area contributed by atoms with E-state index in [9.17, 15) is 9.59 Å². The molecule has 2 amide bonds. The molecular weight excluding hydrogens is 452 g/mol. The lowest BCUT2D eigenvalue weighted by atomic mass is 10.2. The highest BCUT2D eigenvalue weighted by Crippen LogP contribution is 2.31. The lowest BCUT2D eigenvalue weighted by molar-refractivity contribution is -0.115. The third kappa shape index (κ3) is 6.17. The Balaban J connectivity index is 1.35. The first kappa shape index (κ1) is 22.9. The van der Waals surface area contributed by atoms with E-state index in [2.05, 4.69) is 20.6 Å². The topological polar surface area (TPSA) is 102 Å². The minimum absolute atomic E-state index is 0.0664. The normalized spacial score (nSPS) is 10.4. The molecule has 0 saturated carbocycles. The standard InChI is InChI=1S/C25H22N4O4S/c1-32-21-8-7-19(13-22(21)33-15-17-9-11-26-12-10-17)27-23(30)14-20-16-34-25(28-20)29-24(31)18-5-3-2-4-6-18/h2-13,16H,14-15H2,1H3,(H,27,30)(H,28,29,31). The predicted octanol–water partition coefficient (Wildman–Crippen LogP) is 4.56. The fourth-order valence-electron chi connectivity index (χ4n) is 3.08. The van der Waals surface area contributed by atoms with Crippen molar-refractivity contribution in [2.75, 3.05) is 17.7 Å². The van der Waals surface area contributed by atoms with Gasteiger partial charge < -0.3 is 14.8 Å². The Hall–Kier alpha value is -4.24. The molecule has 9 heteroatoms. The molecule has 0 unspecified atom stereocenters. The maximum Gasteiger partial charge on any atom is 0.257 e. The van der Waals surface area contributed by atoms with E-state index in [1.807, 2.05) is 18.2 Å². The van der Waals surface area contributed by atoms with Crippen molar-refractivity contribution >= 4 is 34.0 Å². The van der Waals surface area contributed by atoms with Gasteiger partial charge >= 0.3 is 0 Å². The zero-order chi connectivity index (χ0) is 23.8. The summed E-state index contributed by atoms with van der Waals surface area (Å²) in [6, 6.07) is 17.8. The number of amides is 2. The second-order valence-corrected chi connectivity index (χ2v) is 8.06. The summed E-state index contributed by atoms with van der Waals surface area (Å²) in [5.41, 5.74) is 2.64. The Morgan fingerprint density at radius 1 is 0.971 bits per heavy atom. The van der Waals surface area contributed by atoms with Crippen molar-refractivity contribution in [3.63, 3.8) is 0 Å². The van der Waals surface area contributed by atoms with Crippen molar-refractivity contribution in [3.05, 3.63) is 95.3 Å². The zero-order valence-electron chi connectivity index (χ0n) is 18.4. The summed E-state index contributed by atoms with van der Waals surface area (Å²) in [5, 5.41) is 7.79. The molecule has 0 aliphatic carbocycles. The van der Waals surface area contributed by atoms with Crippen LogP contribution in [0.3, 0.4) is 0 Å². The fourth-order valence-corrected chi connectivity index (χ4v) is 3.79.